The maximum Gasteiger partial charge on any atom is 0.330 e. The molecule has 0 saturated heterocycles. The van der Waals surface area contributed by atoms with Crippen LogP contribution >= 0.6 is 39.1 Å². The number of halogens is 3. The Labute approximate surface area is 159 Å². The highest BCUT2D eigenvalue weighted by molar-refractivity contribution is 9.10. The molecule has 0 atom stereocenters. The highest BCUT2D eigenvalue weighted by Gasteiger charge is 2.09. The van der Waals surface area contributed by atoms with Crippen LogP contribution in [0.2, 0.25) is 10.0 Å². The third-order valence-electron chi connectivity index (χ3n) is 3.02. The first-order valence-corrected chi connectivity index (χ1v) is 8.75. The van der Waals surface area contributed by atoms with Crippen LogP contribution < -0.4 is 4.74 Å². The van der Waals surface area contributed by atoms with Crippen molar-refractivity contribution in [3.63, 3.8) is 0 Å². The van der Waals surface area contributed by atoms with Crippen LogP contribution in [0.4, 0.5) is 0 Å². The monoisotopic (exact) mass is 428 g/mol. The summed E-state index contributed by atoms with van der Waals surface area (Å²) in [5.41, 5.74) is 1.74. The third kappa shape index (κ3) is 5.55. The fraction of sp³-hybridized carbons (Fsp3) is 0.167. The average Bonchev–Trinajstić information content (AvgIpc) is 2.54. The zero-order valence-electron chi connectivity index (χ0n) is 12.9. The van der Waals surface area contributed by atoms with Gasteiger partial charge in [0, 0.05) is 11.1 Å². The van der Waals surface area contributed by atoms with Gasteiger partial charge in [-0.2, -0.15) is 0 Å². The summed E-state index contributed by atoms with van der Waals surface area (Å²) in [6.45, 7) is 2.46. The van der Waals surface area contributed by atoms with Crippen molar-refractivity contribution in [3.8, 4) is 5.75 Å². The summed E-state index contributed by atoms with van der Waals surface area (Å²) in [6, 6.07) is 10.9. The lowest BCUT2D eigenvalue weighted by atomic mass is 10.2. The lowest BCUT2D eigenvalue weighted by Gasteiger charge is -2.11. The van der Waals surface area contributed by atoms with Gasteiger partial charge in [0.25, 0.3) is 0 Å². The first kappa shape index (κ1) is 18.8. The van der Waals surface area contributed by atoms with Crippen LogP contribution in [0.25, 0.3) is 6.08 Å². The normalized spacial score (nSPS) is 10.8. The molecule has 0 N–H and O–H groups in total. The van der Waals surface area contributed by atoms with Crippen LogP contribution in [0.3, 0.4) is 0 Å². The minimum absolute atomic E-state index is 0.338. The summed E-state index contributed by atoms with van der Waals surface area (Å²) in [7, 11) is 0. The molecule has 3 nitrogen and oxygen atoms in total. The van der Waals surface area contributed by atoms with Gasteiger partial charge >= 0.3 is 5.97 Å². The number of carbonyl (C=O) groups is 1. The van der Waals surface area contributed by atoms with Gasteiger partial charge in [-0.25, -0.2) is 4.79 Å². The van der Waals surface area contributed by atoms with E-state index in [-0.39, 0.29) is 0 Å². The second kappa shape index (κ2) is 9.11. The van der Waals surface area contributed by atoms with Crippen molar-refractivity contribution >= 4 is 51.2 Å². The van der Waals surface area contributed by atoms with Gasteiger partial charge in [0.2, 0.25) is 0 Å². The minimum atomic E-state index is -0.396. The van der Waals surface area contributed by atoms with Crippen LogP contribution in [-0.4, -0.2) is 12.6 Å². The molecule has 2 aromatic rings. The molecular weight excluding hydrogens is 415 g/mol. The van der Waals surface area contributed by atoms with Crippen LogP contribution in [0.5, 0.6) is 5.75 Å². The predicted octanol–water partition coefficient (Wildman–Crippen LogP) is 5.91. The van der Waals surface area contributed by atoms with Crippen molar-refractivity contribution in [2.24, 2.45) is 0 Å². The SMILES string of the molecule is CCOC(=O)/C=C/c1cc(Cl)c(OCc2ccc(Cl)cc2)c(Br)c1. The van der Waals surface area contributed by atoms with E-state index in [1.807, 2.05) is 18.2 Å². The van der Waals surface area contributed by atoms with Crippen LogP contribution in [0, 0.1) is 0 Å². The molecule has 0 aromatic heterocycles. The van der Waals surface area contributed by atoms with E-state index in [1.54, 1.807) is 31.2 Å². The van der Waals surface area contributed by atoms with Crippen LogP contribution in [-0.2, 0) is 16.1 Å². The quantitative estimate of drug-likeness (QED) is 0.422. The molecule has 0 aliphatic carbocycles. The standard InChI is InChI=1S/C18H15BrCl2O3/c1-2-23-17(22)8-5-13-9-15(19)18(16(21)10-13)24-11-12-3-6-14(20)7-4-12/h3-10H,2,11H2,1H3/b8-5+. The fourth-order valence-electron chi connectivity index (χ4n) is 1.90. The van der Waals surface area contributed by atoms with Gasteiger partial charge in [-0.1, -0.05) is 35.3 Å². The topological polar surface area (TPSA) is 35.5 Å². The molecule has 0 heterocycles. The molecule has 0 radical (unpaired) electrons. The molecular formula is C18H15BrCl2O3. The Bertz CT molecular complexity index is 719. The molecule has 0 spiro atoms. The fourth-order valence-corrected chi connectivity index (χ4v) is 3.02. The average molecular weight is 430 g/mol. The largest absolute Gasteiger partial charge is 0.486 e. The molecule has 0 amide bonds. The smallest absolute Gasteiger partial charge is 0.330 e. The first-order chi connectivity index (χ1) is 11.5. The molecule has 0 unspecified atom stereocenters. The number of benzene rings is 2. The molecule has 24 heavy (non-hydrogen) atoms. The first-order valence-electron chi connectivity index (χ1n) is 7.20. The molecule has 126 valence electrons. The molecule has 2 aromatic carbocycles. The number of esters is 1. The van der Waals surface area contributed by atoms with E-state index in [0.29, 0.717) is 33.5 Å². The van der Waals surface area contributed by atoms with E-state index in [0.717, 1.165) is 11.1 Å². The van der Waals surface area contributed by atoms with E-state index in [4.69, 9.17) is 32.7 Å². The lowest BCUT2D eigenvalue weighted by Crippen LogP contribution is -1.99. The number of rotatable bonds is 6. The number of ether oxygens (including phenoxy) is 2. The maximum absolute atomic E-state index is 11.3. The molecule has 6 heteroatoms. The highest BCUT2D eigenvalue weighted by atomic mass is 79.9. The molecule has 0 aliphatic heterocycles. The van der Waals surface area contributed by atoms with Gasteiger partial charge in [-0.05, 0) is 64.3 Å². The van der Waals surface area contributed by atoms with Crippen molar-refractivity contribution in [2.75, 3.05) is 6.61 Å². The highest BCUT2D eigenvalue weighted by Crippen LogP contribution is 2.35. The molecule has 0 aliphatic rings. The van der Waals surface area contributed by atoms with E-state index in [1.165, 1.54) is 6.08 Å². The maximum atomic E-state index is 11.3. The molecule has 0 fully saturated rings. The summed E-state index contributed by atoms with van der Waals surface area (Å²) in [5, 5.41) is 1.12. The van der Waals surface area contributed by atoms with Crippen LogP contribution in [0.15, 0.2) is 46.9 Å². The van der Waals surface area contributed by atoms with Gasteiger partial charge in [0.1, 0.15) is 6.61 Å². The van der Waals surface area contributed by atoms with Gasteiger partial charge in [0.15, 0.2) is 5.75 Å². The van der Waals surface area contributed by atoms with E-state index in [9.17, 15) is 4.79 Å². The van der Waals surface area contributed by atoms with Crippen molar-refractivity contribution in [2.45, 2.75) is 13.5 Å². The summed E-state index contributed by atoms with van der Waals surface area (Å²) in [6.07, 6.45) is 2.99. The van der Waals surface area contributed by atoms with Gasteiger partial charge in [0.05, 0.1) is 16.1 Å². The van der Waals surface area contributed by atoms with Crippen molar-refractivity contribution in [1.29, 1.82) is 0 Å². The van der Waals surface area contributed by atoms with E-state index in [2.05, 4.69) is 15.9 Å². The Morgan fingerprint density at radius 3 is 2.54 bits per heavy atom. The van der Waals surface area contributed by atoms with Gasteiger partial charge in [-0.15, -0.1) is 0 Å². The Hall–Kier alpha value is -1.49. The number of hydrogen-bond donors (Lipinski definition) is 0. The Balaban J connectivity index is 2.09. The zero-order chi connectivity index (χ0) is 17.5. The summed E-state index contributed by atoms with van der Waals surface area (Å²) >= 11 is 15.6. The van der Waals surface area contributed by atoms with Gasteiger partial charge in [-0.3, -0.25) is 0 Å². The second-order valence-electron chi connectivity index (χ2n) is 4.81. The summed E-state index contributed by atoms with van der Waals surface area (Å²) in [5.74, 6) is 0.146. The molecule has 0 saturated carbocycles. The van der Waals surface area contributed by atoms with Crippen molar-refractivity contribution < 1.29 is 14.3 Å². The molecule has 0 bridgehead atoms. The predicted molar refractivity (Wildman–Crippen MR) is 101 cm³/mol. The lowest BCUT2D eigenvalue weighted by molar-refractivity contribution is -0.137. The van der Waals surface area contributed by atoms with E-state index < -0.39 is 5.97 Å². The Kier molecular flexibility index (Phi) is 7.16. The van der Waals surface area contributed by atoms with E-state index >= 15 is 0 Å². The Morgan fingerprint density at radius 2 is 1.92 bits per heavy atom. The van der Waals surface area contributed by atoms with Crippen molar-refractivity contribution in [1.82, 2.24) is 0 Å². The van der Waals surface area contributed by atoms with Gasteiger partial charge < -0.3 is 9.47 Å². The summed E-state index contributed by atoms with van der Waals surface area (Å²) in [4.78, 5) is 11.3. The number of carbonyl (C=O) groups excluding carboxylic acids is 1. The number of hydrogen-bond acceptors (Lipinski definition) is 3. The zero-order valence-corrected chi connectivity index (χ0v) is 16.0. The second-order valence-corrected chi connectivity index (χ2v) is 6.51. The van der Waals surface area contributed by atoms with Crippen LogP contribution in [0.1, 0.15) is 18.1 Å². The molecule has 2 rings (SSSR count). The summed E-state index contributed by atoms with van der Waals surface area (Å²) < 4.78 is 11.3. The Morgan fingerprint density at radius 1 is 1.21 bits per heavy atom. The third-order valence-corrected chi connectivity index (χ3v) is 4.14. The van der Waals surface area contributed by atoms with Crippen molar-refractivity contribution in [3.05, 3.63) is 68.1 Å². The minimum Gasteiger partial charge on any atom is -0.486 e.